The molecule has 1 nitrogen and oxygen atoms in total. The molecule has 0 spiro atoms. The van der Waals surface area contributed by atoms with Gasteiger partial charge >= 0.3 is 0 Å². The Balaban J connectivity index is 2.31. The van der Waals surface area contributed by atoms with E-state index in [1.807, 2.05) is 0 Å². The molecule has 120 valence electrons. The Morgan fingerprint density at radius 2 is 1.43 bits per heavy atom. The van der Waals surface area contributed by atoms with E-state index in [9.17, 15) is 0 Å². The van der Waals surface area contributed by atoms with Gasteiger partial charge in [0.25, 0.3) is 8.32 Å². The van der Waals surface area contributed by atoms with Gasteiger partial charge in [0.15, 0.2) is 0 Å². The standard InChI is InChI=1S/C21H26OSi/c1-5-23(6-2,7-3)22-21-19-11-9-8-10-17(19)15-18-13-12-16(4)14-20(18)21/h8-15H,5-7H2,1-4H3. The summed E-state index contributed by atoms with van der Waals surface area (Å²) in [6, 6.07) is 21.1. The highest BCUT2D eigenvalue weighted by atomic mass is 28.4. The molecule has 0 fully saturated rings. The number of aryl methyl sites for hydroxylation is 1. The highest BCUT2D eigenvalue weighted by Crippen LogP contribution is 2.38. The molecule has 3 aromatic carbocycles. The van der Waals surface area contributed by atoms with Crippen molar-refractivity contribution in [3.63, 3.8) is 0 Å². The minimum absolute atomic E-state index is 1.11. The first-order chi connectivity index (χ1) is 11.1. The minimum Gasteiger partial charge on any atom is -0.543 e. The van der Waals surface area contributed by atoms with Gasteiger partial charge in [0.05, 0.1) is 0 Å². The van der Waals surface area contributed by atoms with Crippen LogP contribution in [0, 0.1) is 6.92 Å². The number of hydrogen-bond acceptors (Lipinski definition) is 1. The monoisotopic (exact) mass is 322 g/mol. The molecule has 23 heavy (non-hydrogen) atoms. The quantitative estimate of drug-likeness (QED) is 0.376. The topological polar surface area (TPSA) is 9.23 Å². The van der Waals surface area contributed by atoms with Gasteiger partial charge in [-0.3, -0.25) is 0 Å². The Bertz CT molecular complexity index is 825. The summed E-state index contributed by atoms with van der Waals surface area (Å²) in [4.78, 5) is 0. The first-order valence-electron chi connectivity index (χ1n) is 8.73. The van der Waals surface area contributed by atoms with Crippen LogP contribution >= 0.6 is 0 Å². The Hall–Kier alpha value is -1.80. The van der Waals surface area contributed by atoms with Gasteiger partial charge in [-0.15, -0.1) is 0 Å². The van der Waals surface area contributed by atoms with Crippen LogP contribution in [0.15, 0.2) is 48.5 Å². The van der Waals surface area contributed by atoms with Gasteiger partial charge in [-0.05, 0) is 48.0 Å². The molecular formula is C21H26OSi. The Morgan fingerprint density at radius 1 is 0.783 bits per heavy atom. The van der Waals surface area contributed by atoms with Crippen molar-refractivity contribution in [2.24, 2.45) is 0 Å². The van der Waals surface area contributed by atoms with E-state index in [1.165, 1.54) is 27.1 Å². The molecule has 0 aromatic heterocycles. The predicted octanol–water partition coefficient (Wildman–Crippen LogP) is 6.69. The van der Waals surface area contributed by atoms with Crippen LogP contribution in [0.25, 0.3) is 21.5 Å². The zero-order chi connectivity index (χ0) is 16.4. The lowest BCUT2D eigenvalue weighted by molar-refractivity contribution is 0.543. The summed E-state index contributed by atoms with van der Waals surface area (Å²) >= 11 is 0. The molecule has 0 aliphatic heterocycles. The van der Waals surface area contributed by atoms with Crippen molar-refractivity contribution in [2.45, 2.75) is 45.8 Å². The fourth-order valence-electron chi connectivity index (χ4n) is 3.43. The predicted molar refractivity (Wildman–Crippen MR) is 104 cm³/mol. The molecule has 0 aliphatic rings. The van der Waals surface area contributed by atoms with Gasteiger partial charge in [0.1, 0.15) is 5.75 Å². The van der Waals surface area contributed by atoms with Crippen molar-refractivity contribution in [2.75, 3.05) is 0 Å². The molecule has 3 aromatic rings. The zero-order valence-electron chi connectivity index (χ0n) is 14.6. The second-order valence-electron chi connectivity index (χ2n) is 6.50. The van der Waals surface area contributed by atoms with Gasteiger partial charge in [-0.1, -0.05) is 62.7 Å². The lowest BCUT2D eigenvalue weighted by Crippen LogP contribution is -2.39. The van der Waals surface area contributed by atoms with E-state index in [2.05, 4.69) is 76.2 Å². The fourth-order valence-corrected chi connectivity index (χ4v) is 6.01. The largest absolute Gasteiger partial charge is 0.543 e. The molecule has 0 aliphatic carbocycles. The van der Waals surface area contributed by atoms with Gasteiger partial charge < -0.3 is 4.43 Å². The van der Waals surface area contributed by atoms with E-state index in [0.717, 1.165) is 23.9 Å². The summed E-state index contributed by atoms with van der Waals surface area (Å²) in [5.74, 6) is 1.11. The van der Waals surface area contributed by atoms with Crippen molar-refractivity contribution in [3.8, 4) is 5.75 Å². The van der Waals surface area contributed by atoms with Crippen molar-refractivity contribution in [1.82, 2.24) is 0 Å². The summed E-state index contributed by atoms with van der Waals surface area (Å²) in [5.41, 5.74) is 1.29. The maximum absolute atomic E-state index is 6.87. The number of fused-ring (bicyclic) bond motifs is 2. The third kappa shape index (κ3) is 2.88. The molecule has 2 heteroatoms. The van der Waals surface area contributed by atoms with Gasteiger partial charge in [0.2, 0.25) is 0 Å². The Labute approximate surface area is 140 Å². The third-order valence-corrected chi connectivity index (χ3v) is 9.72. The maximum Gasteiger partial charge on any atom is 0.250 e. The van der Waals surface area contributed by atoms with E-state index < -0.39 is 8.32 Å². The highest BCUT2D eigenvalue weighted by Gasteiger charge is 2.31. The lowest BCUT2D eigenvalue weighted by Gasteiger charge is -2.30. The normalized spacial score (nSPS) is 12.0. The van der Waals surface area contributed by atoms with Gasteiger partial charge in [-0.2, -0.15) is 0 Å². The van der Waals surface area contributed by atoms with E-state index in [-0.39, 0.29) is 0 Å². The van der Waals surface area contributed by atoms with Crippen LogP contribution in [0.2, 0.25) is 18.1 Å². The summed E-state index contributed by atoms with van der Waals surface area (Å²) < 4.78 is 6.87. The first kappa shape index (κ1) is 16.1. The van der Waals surface area contributed by atoms with E-state index >= 15 is 0 Å². The highest BCUT2D eigenvalue weighted by molar-refractivity contribution is 6.74. The molecule has 0 bridgehead atoms. The third-order valence-electron chi connectivity index (χ3n) is 5.22. The molecule has 0 saturated carbocycles. The van der Waals surface area contributed by atoms with E-state index in [0.29, 0.717) is 0 Å². The van der Waals surface area contributed by atoms with Crippen molar-refractivity contribution in [1.29, 1.82) is 0 Å². The van der Waals surface area contributed by atoms with E-state index in [1.54, 1.807) is 0 Å². The smallest absolute Gasteiger partial charge is 0.250 e. The van der Waals surface area contributed by atoms with Crippen LogP contribution in [0.1, 0.15) is 26.3 Å². The molecule has 0 radical (unpaired) electrons. The summed E-state index contributed by atoms with van der Waals surface area (Å²) in [7, 11) is -1.71. The average Bonchev–Trinajstić information content (AvgIpc) is 2.59. The van der Waals surface area contributed by atoms with Crippen LogP contribution in [-0.4, -0.2) is 8.32 Å². The van der Waals surface area contributed by atoms with Gasteiger partial charge in [-0.25, -0.2) is 0 Å². The maximum atomic E-state index is 6.87. The van der Waals surface area contributed by atoms with Crippen molar-refractivity contribution in [3.05, 3.63) is 54.1 Å². The molecule has 0 saturated heterocycles. The summed E-state index contributed by atoms with van der Waals surface area (Å²) in [6.07, 6.45) is 0. The van der Waals surface area contributed by atoms with Crippen LogP contribution < -0.4 is 4.43 Å². The molecule has 0 amide bonds. The SMILES string of the molecule is CC[Si](CC)(CC)Oc1c2ccccc2cc2ccc(C)cc12. The first-order valence-corrected chi connectivity index (χ1v) is 11.3. The summed E-state index contributed by atoms with van der Waals surface area (Å²) in [6.45, 7) is 9.02. The Morgan fingerprint density at radius 3 is 2.13 bits per heavy atom. The van der Waals surface area contributed by atoms with Crippen molar-refractivity contribution >= 4 is 29.9 Å². The minimum atomic E-state index is -1.71. The fraction of sp³-hybridized carbons (Fsp3) is 0.333. The molecule has 0 unspecified atom stereocenters. The van der Waals surface area contributed by atoms with Crippen molar-refractivity contribution < 1.29 is 4.43 Å². The molecule has 0 atom stereocenters. The average molecular weight is 323 g/mol. The van der Waals surface area contributed by atoms with Crippen LogP contribution in [0.4, 0.5) is 0 Å². The molecule has 0 N–H and O–H groups in total. The number of rotatable bonds is 5. The van der Waals surface area contributed by atoms with Crippen LogP contribution in [0.3, 0.4) is 0 Å². The second kappa shape index (κ2) is 6.36. The van der Waals surface area contributed by atoms with Crippen LogP contribution in [0.5, 0.6) is 5.75 Å². The van der Waals surface area contributed by atoms with Gasteiger partial charge in [0, 0.05) is 10.8 Å². The molecule has 0 heterocycles. The summed E-state index contributed by atoms with van der Waals surface area (Å²) in [5, 5.41) is 5.05. The Kier molecular flexibility index (Phi) is 4.45. The second-order valence-corrected chi connectivity index (χ2v) is 11.2. The number of hydrogen-bond donors (Lipinski definition) is 0. The molecule has 3 rings (SSSR count). The molecular weight excluding hydrogens is 296 g/mol. The van der Waals surface area contributed by atoms with Crippen LogP contribution in [-0.2, 0) is 0 Å². The number of benzene rings is 3. The lowest BCUT2D eigenvalue weighted by atomic mass is 10.0. The van der Waals surface area contributed by atoms with E-state index in [4.69, 9.17) is 4.43 Å². The zero-order valence-corrected chi connectivity index (χ0v) is 15.6.